The van der Waals surface area contributed by atoms with Crippen LogP contribution in [0.1, 0.15) is 63.4 Å². The molecule has 2 aliphatic rings. The van der Waals surface area contributed by atoms with Crippen molar-refractivity contribution in [2.75, 3.05) is 31.6 Å². The Labute approximate surface area is 197 Å². The Balaban J connectivity index is 1.33. The fraction of sp³-hybridized carbons (Fsp3) is 0.519. The summed E-state index contributed by atoms with van der Waals surface area (Å²) in [5.74, 6) is 0.889. The lowest BCUT2D eigenvalue weighted by molar-refractivity contribution is -0.122. The lowest BCUT2D eigenvalue weighted by Gasteiger charge is -2.37. The molecule has 0 atom stereocenters. The van der Waals surface area contributed by atoms with Gasteiger partial charge in [-0.2, -0.15) is 0 Å². The molecule has 1 heterocycles. The lowest BCUT2D eigenvalue weighted by atomic mass is 9.68. The van der Waals surface area contributed by atoms with Crippen molar-refractivity contribution in [3.63, 3.8) is 0 Å². The molecule has 0 radical (unpaired) electrons. The topological polar surface area (TPSA) is 41.6 Å². The standard InChI is InChI=1S/C27H35ClN2O2/c28-25-11-4-3-10-24(25)27(16-5-1-6-17-27)26(31)29-22-12-14-23(15-13-22)32-21-9-20-30-18-7-2-8-19-30/h3-4,10-15H,1-2,5-9,16-21H2,(H,29,31). The fourth-order valence-corrected chi connectivity index (χ4v) is 5.49. The first-order valence-electron chi connectivity index (χ1n) is 12.2. The SMILES string of the molecule is O=C(Nc1ccc(OCCCN2CCCCC2)cc1)C1(c2ccccc2Cl)CCCCC1. The van der Waals surface area contributed by atoms with Crippen LogP contribution in [0.25, 0.3) is 0 Å². The molecule has 0 bridgehead atoms. The van der Waals surface area contributed by atoms with Gasteiger partial charge >= 0.3 is 0 Å². The summed E-state index contributed by atoms with van der Waals surface area (Å²) < 4.78 is 5.92. The molecule has 1 N–H and O–H groups in total. The van der Waals surface area contributed by atoms with Gasteiger partial charge in [0, 0.05) is 17.3 Å². The van der Waals surface area contributed by atoms with E-state index in [1.165, 1.54) is 38.8 Å². The zero-order valence-electron chi connectivity index (χ0n) is 19.0. The number of rotatable bonds is 8. The molecule has 1 aliphatic heterocycles. The van der Waals surface area contributed by atoms with E-state index in [0.717, 1.165) is 62.3 Å². The summed E-state index contributed by atoms with van der Waals surface area (Å²) >= 11 is 6.53. The Hall–Kier alpha value is -2.04. The van der Waals surface area contributed by atoms with E-state index in [4.69, 9.17) is 16.3 Å². The van der Waals surface area contributed by atoms with Crippen LogP contribution in [0.15, 0.2) is 48.5 Å². The van der Waals surface area contributed by atoms with E-state index in [9.17, 15) is 4.79 Å². The normalized spacial score (nSPS) is 18.8. The number of carbonyl (C=O) groups is 1. The number of hydrogen-bond donors (Lipinski definition) is 1. The molecular formula is C27H35ClN2O2. The van der Waals surface area contributed by atoms with Crippen molar-refractivity contribution in [3.05, 3.63) is 59.1 Å². The molecule has 1 amide bonds. The van der Waals surface area contributed by atoms with Crippen LogP contribution in [0.2, 0.25) is 5.02 Å². The van der Waals surface area contributed by atoms with Crippen molar-refractivity contribution in [3.8, 4) is 5.75 Å². The Morgan fingerprint density at radius 1 is 0.938 bits per heavy atom. The molecule has 5 heteroatoms. The summed E-state index contributed by atoms with van der Waals surface area (Å²) in [6.07, 6.45) is 9.99. The second-order valence-corrected chi connectivity index (χ2v) is 9.61. The van der Waals surface area contributed by atoms with Gasteiger partial charge in [0.2, 0.25) is 5.91 Å². The fourth-order valence-electron chi connectivity index (χ4n) is 5.17. The maximum atomic E-state index is 13.5. The third kappa shape index (κ3) is 5.65. The van der Waals surface area contributed by atoms with Gasteiger partial charge in [-0.3, -0.25) is 4.79 Å². The third-order valence-corrected chi connectivity index (χ3v) is 7.31. The summed E-state index contributed by atoms with van der Waals surface area (Å²) in [7, 11) is 0. The summed E-state index contributed by atoms with van der Waals surface area (Å²) in [6, 6.07) is 15.5. The van der Waals surface area contributed by atoms with Crippen LogP contribution in [-0.4, -0.2) is 37.0 Å². The molecule has 4 nitrogen and oxygen atoms in total. The van der Waals surface area contributed by atoms with Gasteiger partial charge in [0.15, 0.2) is 0 Å². The number of halogens is 1. The largest absolute Gasteiger partial charge is 0.494 e. The summed E-state index contributed by atoms with van der Waals surface area (Å²) in [6.45, 7) is 4.28. The van der Waals surface area contributed by atoms with Gasteiger partial charge in [0.05, 0.1) is 12.0 Å². The highest BCUT2D eigenvalue weighted by Gasteiger charge is 2.42. The molecule has 2 aromatic rings. The summed E-state index contributed by atoms with van der Waals surface area (Å²) in [4.78, 5) is 16.0. The van der Waals surface area contributed by atoms with Crippen LogP contribution < -0.4 is 10.1 Å². The van der Waals surface area contributed by atoms with Crippen LogP contribution in [0.3, 0.4) is 0 Å². The number of nitrogens with one attached hydrogen (secondary N) is 1. The third-order valence-electron chi connectivity index (χ3n) is 6.98. The molecule has 1 aliphatic carbocycles. The van der Waals surface area contributed by atoms with E-state index < -0.39 is 5.41 Å². The smallest absolute Gasteiger partial charge is 0.235 e. The Morgan fingerprint density at radius 3 is 2.34 bits per heavy atom. The molecule has 2 fully saturated rings. The molecule has 0 unspecified atom stereocenters. The van der Waals surface area contributed by atoms with Crippen LogP contribution in [0.5, 0.6) is 5.75 Å². The first-order chi connectivity index (χ1) is 15.7. The highest BCUT2D eigenvalue weighted by Crippen LogP contribution is 2.43. The minimum absolute atomic E-state index is 0.0421. The minimum Gasteiger partial charge on any atom is -0.494 e. The predicted octanol–water partition coefficient (Wildman–Crippen LogP) is 6.44. The number of carbonyl (C=O) groups excluding carboxylic acids is 1. The average Bonchev–Trinajstić information content (AvgIpc) is 2.84. The first-order valence-corrected chi connectivity index (χ1v) is 12.6. The molecular weight excluding hydrogens is 420 g/mol. The quantitative estimate of drug-likeness (QED) is 0.467. The Morgan fingerprint density at radius 2 is 1.62 bits per heavy atom. The number of hydrogen-bond acceptors (Lipinski definition) is 3. The van der Waals surface area contributed by atoms with Gasteiger partial charge in [-0.05, 0) is 81.1 Å². The number of anilines is 1. The Kier molecular flexibility index (Phi) is 8.10. The highest BCUT2D eigenvalue weighted by molar-refractivity contribution is 6.31. The number of amides is 1. The van der Waals surface area contributed by atoms with Crippen molar-refractivity contribution in [1.82, 2.24) is 4.90 Å². The van der Waals surface area contributed by atoms with Crippen molar-refractivity contribution >= 4 is 23.2 Å². The zero-order valence-corrected chi connectivity index (χ0v) is 19.7. The number of benzene rings is 2. The van der Waals surface area contributed by atoms with Crippen LogP contribution in [-0.2, 0) is 10.2 Å². The van der Waals surface area contributed by atoms with Crippen LogP contribution in [0, 0.1) is 0 Å². The van der Waals surface area contributed by atoms with E-state index in [1.54, 1.807) is 0 Å². The van der Waals surface area contributed by atoms with E-state index in [1.807, 2.05) is 48.5 Å². The number of likely N-dealkylation sites (tertiary alicyclic amines) is 1. The van der Waals surface area contributed by atoms with Crippen LogP contribution >= 0.6 is 11.6 Å². The number of piperidine rings is 1. The van der Waals surface area contributed by atoms with Gasteiger partial charge < -0.3 is 15.0 Å². The summed E-state index contributed by atoms with van der Waals surface area (Å²) in [5, 5.41) is 3.83. The second-order valence-electron chi connectivity index (χ2n) is 9.21. The van der Waals surface area contributed by atoms with Crippen molar-refractivity contribution in [2.45, 2.75) is 63.2 Å². The van der Waals surface area contributed by atoms with Crippen molar-refractivity contribution in [1.29, 1.82) is 0 Å². The molecule has 172 valence electrons. The van der Waals surface area contributed by atoms with E-state index in [0.29, 0.717) is 5.02 Å². The molecule has 4 rings (SSSR count). The minimum atomic E-state index is -0.555. The Bertz CT molecular complexity index is 871. The maximum absolute atomic E-state index is 13.5. The van der Waals surface area contributed by atoms with Gasteiger partial charge in [0.1, 0.15) is 5.75 Å². The number of ether oxygens (including phenoxy) is 1. The predicted molar refractivity (Wildman–Crippen MR) is 132 cm³/mol. The zero-order chi connectivity index (χ0) is 22.2. The van der Waals surface area contributed by atoms with Gasteiger partial charge in [0.25, 0.3) is 0 Å². The molecule has 1 saturated heterocycles. The average molecular weight is 455 g/mol. The number of nitrogens with zero attached hydrogens (tertiary/aromatic N) is 1. The first kappa shape index (κ1) is 23.1. The van der Waals surface area contributed by atoms with Crippen LogP contribution in [0.4, 0.5) is 5.69 Å². The van der Waals surface area contributed by atoms with E-state index in [2.05, 4.69) is 10.2 Å². The molecule has 32 heavy (non-hydrogen) atoms. The van der Waals surface area contributed by atoms with Gasteiger partial charge in [-0.25, -0.2) is 0 Å². The highest BCUT2D eigenvalue weighted by atomic mass is 35.5. The van der Waals surface area contributed by atoms with Crippen molar-refractivity contribution < 1.29 is 9.53 Å². The van der Waals surface area contributed by atoms with Crippen molar-refractivity contribution in [2.24, 2.45) is 0 Å². The molecule has 0 aromatic heterocycles. The van der Waals surface area contributed by atoms with E-state index in [-0.39, 0.29) is 5.91 Å². The monoisotopic (exact) mass is 454 g/mol. The van der Waals surface area contributed by atoms with E-state index >= 15 is 0 Å². The maximum Gasteiger partial charge on any atom is 0.235 e. The molecule has 2 aromatic carbocycles. The summed E-state index contributed by atoms with van der Waals surface area (Å²) in [5.41, 5.74) is 1.19. The lowest BCUT2D eigenvalue weighted by Crippen LogP contribution is -2.42. The molecule has 0 spiro atoms. The van der Waals surface area contributed by atoms with Gasteiger partial charge in [-0.15, -0.1) is 0 Å². The molecule has 1 saturated carbocycles. The van der Waals surface area contributed by atoms with Gasteiger partial charge in [-0.1, -0.05) is 55.5 Å². The second kappa shape index (κ2) is 11.2.